The molecule has 2 heterocycles. The smallest absolute Gasteiger partial charge is 0.351 e. The van der Waals surface area contributed by atoms with Crippen LogP contribution in [0.1, 0.15) is 26.5 Å². The molecule has 0 bridgehead atoms. The number of hydrogen-bond donors (Lipinski definition) is 2. The van der Waals surface area contributed by atoms with Gasteiger partial charge in [-0.05, 0) is 19.4 Å². The van der Waals surface area contributed by atoms with Gasteiger partial charge in [0.15, 0.2) is 0 Å². The molecule has 1 aliphatic heterocycles. The summed E-state index contributed by atoms with van der Waals surface area (Å²) in [5.74, 6) is 0.349. The molecule has 4 atom stereocenters. The standard InChI is InChI=1S/C11H17N3O3/c1-6-5-8(7(2)15)17-10(6)14-4-3-9(12)13-11(14)16/h3-4,6-8,10,15H,5H2,1-2H3,(H2,12,13,16). The first-order chi connectivity index (χ1) is 7.99. The lowest BCUT2D eigenvalue weighted by Gasteiger charge is -2.18. The van der Waals surface area contributed by atoms with Crippen molar-refractivity contribution in [3.05, 3.63) is 22.7 Å². The average Bonchev–Trinajstić information content (AvgIpc) is 2.61. The van der Waals surface area contributed by atoms with Gasteiger partial charge in [-0.15, -0.1) is 0 Å². The lowest BCUT2D eigenvalue weighted by molar-refractivity contribution is -0.0605. The van der Waals surface area contributed by atoms with Crippen LogP contribution < -0.4 is 11.4 Å². The van der Waals surface area contributed by atoms with Crippen LogP contribution in [-0.2, 0) is 4.74 Å². The molecule has 4 unspecified atom stereocenters. The normalized spacial score (nSPS) is 30.4. The molecule has 1 fully saturated rings. The van der Waals surface area contributed by atoms with E-state index in [0.29, 0.717) is 0 Å². The van der Waals surface area contributed by atoms with Gasteiger partial charge in [-0.1, -0.05) is 6.92 Å². The van der Waals surface area contributed by atoms with Crippen LogP contribution in [-0.4, -0.2) is 26.9 Å². The molecule has 1 aliphatic rings. The van der Waals surface area contributed by atoms with Crippen molar-refractivity contribution in [1.82, 2.24) is 9.55 Å². The van der Waals surface area contributed by atoms with Crippen LogP contribution in [0.5, 0.6) is 0 Å². The molecule has 6 nitrogen and oxygen atoms in total. The molecular weight excluding hydrogens is 222 g/mol. The van der Waals surface area contributed by atoms with Crippen molar-refractivity contribution >= 4 is 5.82 Å². The minimum absolute atomic E-state index is 0.151. The first-order valence-corrected chi connectivity index (χ1v) is 5.67. The molecule has 3 N–H and O–H groups in total. The van der Waals surface area contributed by atoms with Crippen LogP contribution in [0.3, 0.4) is 0 Å². The van der Waals surface area contributed by atoms with Gasteiger partial charge in [0, 0.05) is 12.1 Å². The Morgan fingerprint density at radius 3 is 2.94 bits per heavy atom. The van der Waals surface area contributed by atoms with E-state index in [9.17, 15) is 9.90 Å². The second-order valence-corrected chi connectivity index (χ2v) is 4.56. The van der Waals surface area contributed by atoms with Gasteiger partial charge < -0.3 is 15.6 Å². The maximum absolute atomic E-state index is 11.7. The van der Waals surface area contributed by atoms with Crippen molar-refractivity contribution in [2.45, 2.75) is 38.7 Å². The minimum atomic E-state index is -0.542. The van der Waals surface area contributed by atoms with Crippen molar-refractivity contribution in [2.24, 2.45) is 5.92 Å². The number of hydrogen-bond acceptors (Lipinski definition) is 5. The molecule has 0 aromatic carbocycles. The number of nitrogens with two attached hydrogens (primary N) is 1. The van der Waals surface area contributed by atoms with E-state index in [0.717, 1.165) is 6.42 Å². The molecule has 17 heavy (non-hydrogen) atoms. The van der Waals surface area contributed by atoms with Gasteiger partial charge in [0.05, 0.1) is 12.2 Å². The van der Waals surface area contributed by atoms with Crippen molar-refractivity contribution in [3.8, 4) is 0 Å². The number of nitrogen functional groups attached to an aromatic ring is 1. The van der Waals surface area contributed by atoms with Gasteiger partial charge in [0.2, 0.25) is 0 Å². The first kappa shape index (κ1) is 12.1. The third-order valence-electron chi connectivity index (χ3n) is 3.07. The molecule has 1 saturated heterocycles. The van der Waals surface area contributed by atoms with E-state index in [4.69, 9.17) is 10.5 Å². The quantitative estimate of drug-likeness (QED) is 0.765. The highest BCUT2D eigenvalue weighted by molar-refractivity contribution is 5.23. The van der Waals surface area contributed by atoms with E-state index in [1.165, 1.54) is 4.57 Å². The Balaban J connectivity index is 2.26. The highest BCUT2D eigenvalue weighted by Crippen LogP contribution is 2.34. The number of rotatable bonds is 2. The van der Waals surface area contributed by atoms with E-state index in [1.807, 2.05) is 6.92 Å². The zero-order valence-corrected chi connectivity index (χ0v) is 9.91. The predicted molar refractivity (Wildman–Crippen MR) is 62.3 cm³/mol. The summed E-state index contributed by atoms with van der Waals surface area (Å²) in [7, 11) is 0. The van der Waals surface area contributed by atoms with Gasteiger partial charge in [0.1, 0.15) is 12.0 Å². The lowest BCUT2D eigenvalue weighted by atomic mass is 10.0. The number of aromatic nitrogens is 2. The average molecular weight is 239 g/mol. The number of anilines is 1. The topological polar surface area (TPSA) is 90.4 Å². The second-order valence-electron chi connectivity index (χ2n) is 4.56. The molecule has 0 saturated carbocycles. The van der Waals surface area contributed by atoms with Gasteiger partial charge in [0.25, 0.3) is 0 Å². The minimum Gasteiger partial charge on any atom is -0.391 e. The summed E-state index contributed by atoms with van der Waals surface area (Å²) in [6.45, 7) is 3.67. The Labute approximate surface area is 99.0 Å². The lowest BCUT2D eigenvalue weighted by Crippen LogP contribution is -2.30. The predicted octanol–water partition coefficient (Wildman–Crippen LogP) is 0.130. The van der Waals surface area contributed by atoms with E-state index in [1.54, 1.807) is 19.2 Å². The van der Waals surface area contributed by atoms with Gasteiger partial charge in [-0.25, -0.2) is 4.79 Å². The largest absolute Gasteiger partial charge is 0.391 e. The number of aliphatic hydroxyl groups is 1. The van der Waals surface area contributed by atoms with Crippen molar-refractivity contribution in [3.63, 3.8) is 0 Å². The van der Waals surface area contributed by atoms with Crippen LogP contribution in [0.4, 0.5) is 5.82 Å². The summed E-state index contributed by atoms with van der Waals surface area (Å²) < 4.78 is 7.09. The third-order valence-corrected chi connectivity index (χ3v) is 3.07. The van der Waals surface area contributed by atoms with Crippen LogP contribution in [0, 0.1) is 5.92 Å². The maximum atomic E-state index is 11.7. The third kappa shape index (κ3) is 2.32. The van der Waals surface area contributed by atoms with Crippen molar-refractivity contribution < 1.29 is 9.84 Å². The zero-order chi connectivity index (χ0) is 12.6. The molecule has 0 amide bonds. The highest BCUT2D eigenvalue weighted by Gasteiger charge is 2.36. The number of nitrogens with zero attached hydrogens (tertiary/aromatic N) is 2. The highest BCUT2D eigenvalue weighted by atomic mass is 16.5. The number of ether oxygens (including phenoxy) is 1. The monoisotopic (exact) mass is 239 g/mol. The molecule has 1 aromatic rings. The van der Waals surface area contributed by atoms with Crippen LogP contribution in [0.2, 0.25) is 0 Å². The van der Waals surface area contributed by atoms with Gasteiger partial charge in [-0.2, -0.15) is 4.98 Å². The molecular formula is C11H17N3O3. The summed E-state index contributed by atoms with van der Waals surface area (Å²) in [6.07, 6.45) is 1.14. The molecule has 6 heteroatoms. The Morgan fingerprint density at radius 1 is 1.71 bits per heavy atom. The Hall–Kier alpha value is -1.40. The van der Waals surface area contributed by atoms with E-state index in [2.05, 4.69) is 4.98 Å². The summed E-state index contributed by atoms with van der Waals surface area (Å²) in [5, 5.41) is 9.50. The van der Waals surface area contributed by atoms with E-state index >= 15 is 0 Å². The van der Waals surface area contributed by atoms with Crippen LogP contribution in [0.15, 0.2) is 17.1 Å². The fraction of sp³-hybridized carbons (Fsp3) is 0.636. The fourth-order valence-corrected chi connectivity index (χ4v) is 2.12. The molecule has 0 aliphatic carbocycles. The molecule has 1 aromatic heterocycles. The van der Waals surface area contributed by atoms with Crippen LogP contribution >= 0.6 is 0 Å². The SMILES string of the molecule is CC(O)C1CC(C)C(n2ccc(N)nc2=O)O1. The van der Waals surface area contributed by atoms with E-state index < -0.39 is 11.8 Å². The van der Waals surface area contributed by atoms with E-state index in [-0.39, 0.29) is 24.1 Å². The second kappa shape index (κ2) is 4.46. The first-order valence-electron chi connectivity index (χ1n) is 5.67. The summed E-state index contributed by atoms with van der Waals surface area (Å²) >= 11 is 0. The van der Waals surface area contributed by atoms with Crippen LogP contribution in [0.25, 0.3) is 0 Å². The summed E-state index contributed by atoms with van der Waals surface area (Å²) in [5.41, 5.74) is 5.01. The molecule has 0 spiro atoms. The maximum Gasteiger partial charge on any atom is 0.351 e. The molecule has 0 radical (unpaired) electrons. The molecule has 94 valence electrons. The Bertz CT molecular complexity index is 458. The Morgan fingerprint density at radius 2 is 2.41 bits per heavy atom. The summed E-state index contributed by atoms with van der Waals surface area (Å²) in [6, 6.07) is 1.56. The van der Waals surface area contributed by atoms with Gasteiger partial charge in [-0.3, -0.25) is 4.57 Å². The molecule has 2 rings (SSSR count). The summed E-state index contributed by atoms with van der Waals surface area (Å²) in [4.78, 5) is 15.3. The fourth-order valence-electron chi connectivity index (χ4n) is 2.12. The zero-order valence-electron chi connectivity index (χ0n) is 9.91. The van der Waals surface area contributed by atoms with Crippen molar-refractivity contribution in [1.29, 1.82) is 0 Å². The number of aliphatic hydroxyl groups excluding tert-OH is 1. The Kier molecular flexibility index (Phi) is 3.17. The van der Waals surface area contributed by atoms with Crippen molar-refractivity contribution in [2.75, 3.05) is 5.73 Å². The van der Waals surface area contributed by atoms with Gasteiger partial charge >= 0.3 is 5.69 Å².